The average molecular weight is 389 g/mol. The van der Waals surface area contributed by atoms with Crippen molar-refractivity contribution in [2.45, 2.75) is 32.2 Å². The number of nitrogens with zero attached hydrogens (tertiary/aromatic N) is 1. The summed E-state index contributed by atoms with van der Waals surface area (Å²) >= 11 is 5.89. The van der Waals surface area contributed by atoms with Crippen LogP contribution in [-0.2, 0) is 17.8 Å². The maximum Gasteiger partial charge on any atom is 0.224 e. The molecule has 0 saturated carbocycles. The number of carbonyl (C=O) groups is 1. The van der Waals surface area contributed by atoms with E-state index in [2.05, 4.69) is 10.2 Å². The van der Waals surface area contributed by atoms with Gasteiger partial charge in [0.25, 0.3) is 0 Å². The van der Waals surface area contributed by atoms with Crippen molar-refractivity contribution in [3.05, 3.63) is 70.5 Å². The minimum atomic E-state index is -0.215. The Labute approximate surface area is 165 Å². The second-order valence-electron chi connectivity index (χ2n) is 7.22. The lowest BCUT2D eigenvalue weighted by Gasteiger charge is -2.32. The van der Waals surface area contributed by atoms with Gasteiger partial charge in [-0.15, -0.1) is 0 Å². The molecule has 0 bridgehead atoms. The van der Waals surface area contributed by atoms with Crippen LogP contribution in [0.5, 0.6) is 0 Å². The van der Waals surface area contributed by atoms with Gasteiger partial charge in [0.15, 0.2) is 0 Å². The molecule has 2 aromatic rings. The summed E-state index contributed by atoms with van der Waals surface area (Å²) in [7, 11) is 0. The standard InChI is InChI=1S/C22H26ClFN2O/c23-20-9-5-17(6-10-20)3-1-13-25-22(27)19-4-2-14-26(16-19)15-18-7-11-21(24)12-8-18/h5-12,19H,1-4,13-16H2,(H,25,27)/t19-/m1/s1. The number of hydrogen-bond acceptors (Lipinski definition) is 2. The zero-order valence-electron chi connectivity index (χ0n) is 15.5. The number of rotatable bonds is 7. The van der Waals surface area contributed by atoms with Crippen LogP contribution in [0.1, 0.15) is 30.4 Å². The number of carbonyl (C=O) groups excluding carboxylic acids is 1. The number of halogens is 2. The largest absolute Gasteiger partial charge is 0.356 e. The van der Waals surface area contributed by atoms with Gasteiger partial charge < -0.3 is 5.32 Å². The summed E-state index contributed by atoms with van der Waals surface area (Å²) in [5.41, 5.74) is 2.32. The Morgan fingerprint density at radius 2 is 1.81 bits per heavy atom. The highest BCUT2D eigenvalue weighted by Crippen LogP contribution is 2.19. The predicted molar refractivity (Wildman–Crippen MR) is 107 cm³/mol. The fourth-order valence-corrected chi connectivity index (χ4v) is 3.69. The Bertz CT molecular complexity index is 733. The molecule has 27 heavy (non-hydrogen) atoms. The van der Waals surface area contributed by atoms with E-state index >= 15 is 0 Å². The first-order chi connectivity index (χ1) is 13.1. The van der Waals surface area contributed by atoms with E-state index in [4.69, 9.17) is 11.6 Å². The third-order valence-corrected chi connectivity index (χ3v) is 5.30. The maximum absolute atomic E-state index is 13.0. The second-order valence-corrected chi connectivity index (χ2v) is 7.66. The van der Waals surface area contributed by atoms with Gasteiger partial charge in [-0.1, -0.05) is 35.9 Å². The van der Waals surface area contributed by atoms with Crippen LogP contribution in [0.2, 0.25) is 5.02 Å². The molecule has 1 amide bonds. The van der Waals surface area contributed by atoms with Crippen LogP contribution in [0.15, 0.2) is 48.5 Å². The van der Waals surface area contributed by atoms with E-state index < -0.39 is 0 Å². The molecule has 0 radical (unpaired) electrons. The normalized spacial score (nSPS) is 17.6. The van der Waals surface area contributed by atoms with Crippen LogP contribution >= 0.6 is 11.6 Å². The first kappa shape index (κ1) is 19.8. The molecule has 1 aliphatic heterocycles. The summed E-state index contributed by atoms with van der Waals surface area (Å²) in [6, 6.07) is 14.5. The SMILES string of the molecule is O=C(NCCCc1ccc(Cl)cc1)[C@@H]1CCCN(Cc2ccc(F)cc2)C1. The average Bonchev–Trinajstić information content (AvgIpc) is 2.68. The number of hydrogen-bond donors (Lipinski definition) is 1. The van der Waals surface area contributed by atoms with E-state index in [1.165, 1.54) is 17.7 Å². The summed E-state index contributed by atoms with van der Waals surface area (Å²) in [4.78, 5) is 14.8. The van der Waals surface area contributed by atoms with Gasteiger partial charge in [-0.25, -0.2) is 4.39 Å². The van der Waals surface area contributed by atoms with Crippen LogP contribution in [-0.4, -0.2) is 30.4 Å². The maximum atomic E-state index is 13.0. The molecule has 0 unspecified atom stereocenters. The van der Waals surface area contributed by atoms with Gasteiger partial charge in [-0.05, 0) is 67.6 Å². The van der Waals surface area contributed by atoms with Gasteiger partial charge in [0.1, 0.15) is 5.82 Å². The van der Waals surface area contributed by atoms with Crippen LogP contribution in [0.4, 0.5) is 4.39 Å². The fourth-order valence-electron chi connectivity index (χ4n) is 3.56. The van der Waals surface area contributed by atoms with E-state index in [-0.39, 0.29) is 17.6 Å². The van der Waals surface area contributed by atoms with Gasteiger partial charge in [0, 0.05) is 24.7 Å². The highest BCUT2D eigenvalue weighted by Gasteiger charge is 2.25. The zero-order valence-corrected chi connectivity index (χ0v) is 16.2. The number of nitrogens with one attached hydrogen (secondary N) is 1. The van der Waals surface area contributed by atoms with E-state index in [9.17, 15) is 9.18 Å². The van der Waals surface area contributed by atoms with Gasteiger partial charge >= 0.3 is 0 Å². The number of piperidine rings is 1. The van der Waals surface area contributed by atoms with Crippen LogP contribution in [0, 0.1) is 11.7 Å². The van der Waals surface area contributed by atoms with E-state index in [1.807, 2.05) is 36.4 Å². The van der Waals surface area contributed by atoms with Crippen molar-refractivity contribution in [2.75, 3.05) is 19.6 Å². The lowest BCUT2D eigenvalue weighted by atomic mass is 9.96. The Balaban J connectivity index is 1.40. The number of benzene rings is 2. The van der Waals surface area contributed by atoms with Gasteiger partial charge in [-0.3, -0.25) is 9.69 Å². The molecule has 1 N–H and O–H groups in total. The second kappa shape index (κ2) is 9.86. The van der Waals surface area contributed by atoms with Crippen molar-refractivity contribution in [3.8, 4) is 0 Å². The molecule has 1 saturated heterocycles. The molecule has 1 fully saturated rings. The molecular formula is C22H26ClFN2O. The third kappa shape index (κ3) is 6.33. The van der Waals surface area contributed by atoms with Crippen molar-refractivity contribution in [1.29, 1.82) is 0 Å². The molecule has 3 rings (SSSR count). The quantitative estimate of drug-likeness (QED) is 0.711. The van der Waals surface area contributed by atoms with Crippen molar-refractivity contribution >= 4 is 17.5 Å². The minimum absolute atomic E-state index is 0.0368. The number of likely N-dealkylation sites (tertiary alicyclic amines) is 1. The van der Waals surface area contributed by atoms with Gasteiger partial charge in [0.05, 0.1) is 5.92 Å². The molecule has 1 atom stereocenters. The fraction of sp³-hybridized carbons (Fsp3) is 0.409. The van der Waals surface area contributed by atoms with Crippen molar-refractivity contribution in [2.24, 2.45) is 5.92 Å². The van der Waals surface area contributed by atoms with Crippen LogP contribution in [0.25, 0.3) is 0 Å². The number of amides is 1. The summed E-state index contributed by atoms with van der Waals surface area (Å²) in [5, 5.41) is 3.83. The van der Waals surface area contributed by atoms with Crippen molar-refractivity contribution in [1.82, 2.24) is 10.2 Å². The zero-order chi connectivity index (χ0) is 19.1. The van der Waals surface area contributed by atoms with E-state index in [1.54, 1.807) is 0 Å². The highest BCUT2D eigenvalue weighted by molar-refractivity contribution is 6.30. The van der Waals surface area contributed by atoms with Gasteiger partial charge in [0.2, 0.25) is 5.91 Å². The molecule has 5 heteroatoms. The molecule has 2 aromatic carbocycles. The Morgan fingerprint density at radius 3 is 2.56 bits per heavy atom. The highest BCUT2D eigenvalue weighted by atomic mass is 35.5. The summed E-state index contributed by atoms with van der Waals surface area (Å²) < 4.78 is 13.0. The summed E-state index contributed by atoms with van der Waals surface area (Å²) in [6.45, 7) is 3.20. The van der Waals surface area contributed by atoms with Crippen molar-refractivity contribution in [3.63, 3.8) is 0 Å². The smallest absolute Gasteiger partial charge is 0.224 e. The van der Waals surface area contributed by atoms with Crippen LogP contribution in [0.3, 0.4) is 0 Å². The molecule has 1 aliphatic rings. The Morgan fingerprint density at radius 1 is 1.11 bits per heavy atom. The summed E-state index contributed by atoms with van der Waals surface area (Å²) in [6.07, 6.45) is 3.80. The molecule has 0 aliphatic carbocycles. The molecule has 1 heterocycles. The third-order valence-electron chi connectivity index (χ3n) is 5.05. The predicted octanol–water partition coefficient (Wildman–Crippen LogP) is 4.44. The minimum Gasteiger partial charge on any atom is -0.356 e. The topological polar surface area (TPSA) is 32.3 Å². The molecule has 0 spiro atoms. The Kier molecular flexibility index (Phi) is 7.25. The first-order valence-electron chi connectivity index (χ1n) is 9.59. The molecular weight excluding hydrogens is 363 g/mol. The molecule has 144 valence electrons. The Hall–Kier alpha value is -1.91. The van der Waals surface area contributed by atoms with Crippen molar-refractivity contribution < 1.29 is 9.18 Å². The van der Waals surface area contributed by atoms with E-state index in [0.29, 0.717) is 6.54 Å². The first-order valence-corrected chi connectivity index (χ1v) is 9.97. The lowest BCUT2D eigenvalue weighted by molar-refractivity contribution is -0.126. The number of aryl methyl sites for hydroxylation is 1. The van der Waals surface area contributed by atoms with Crippen LogP contribution < -0.4 is 5.32 Å². The lowest BCUT2D eigenvalue weighted by Crippen LogP contribution is -2.42. The molecule has 0 aromatic heterocycles. The van der Waals surface area contributed by atoms with E-state index in [0.717, 1.165) is 55.9 Å². The van der Waals surface area contributed by atoms with Gasteiger partial charge in [-0.2, -0.15) is 0 Å². The summed E-state index contributed by atoms with van der Waals surface area (Å²) in [5.74, 6) is -0.0297. The monoisotopic (exact) mass is 388 g/mol. The molecule has 3 nitrogen and oxygen atoms in total.